The second-order valence-corrected chi connectivity index (χ2v) is 8.15. The minimum Gasteiger partial charge on any atom is -0.370 e. The van der Waals surface area contributed by atoms with Gasteiger partial charge in [-0.2, -0.15) is 8.42 Å². The first-order valence-corrected chi connectivity index (χ1v) is 9.93. The first-order valence-electron chi connectivity index (χ1n) is 8.32. The third-order valence-electron chi connectivity index (χ3n) is 4.67. The van der Waals surface area contributed by atoms with Crippen molar-refractivity contribution in [2.45, 2.75) is 26.2 Å². The van der Waals surface area contributed by atoms with Crippen LogP contribution in [0.3, 0.4) is 0 Å². The van der Waals surface area contributed by atoms with Crippen molar-refractivity contribution in [1.82, 2.24) is 0 Å². The third kappa shape index (κ3) is 6.59. The van der Waals surface area contributed by atoms with Gasteiger partial charge in [-0.05, 0) is 18.9 Å². The van der Waals surface area contributed by atoms with Crippen LogP contribution in [-0.4, -0.2) is 62.6 Å². The Morgan fingerprint density at radius 1 is 1.09 bits per heavy atom. The Bertz CT molecular complexity index is 577. The average Bonchev–Trinajstić information content (AvgIpc) is 2.49. The van der Waals surface area contributed by atoms with Crippen LogP contribution in [0, 0.1) is 6.92 Å². The second kappa shape index (κ2) is 8.24. The summed E-state index contributed by atoms with van der Waals surface area (Å²) in [4.78, 5) is 0. The van der Waals surface area contributed by atoms with E-state index in [9.17, 15) is 8.42 Å². The van der Waals surface area contributed by atoms with Gasteiger partial charge in [-0.1, -0.05) is 29.8 Å². The van der Waals surface area contributed by atoms with E-state index in [0.29, 0.717) is 6.42 Å². The van der Waals surface area contributed by atoms with Crippen LogP contribution in [0.15, 0.2) is 24.3 Å². The van der Waals surface area contributed by atoms with Gasteiger partial charge in [0.25, 0.3) is 10.1 Å². The van der Waals surface area contributed by atoms with Crippen LogP contribution < -0.4 is 0 Å². The lowest BCUT2D eigenvalue weighted by Gasteiger charge is -2.41. The van der Waals surface area contributed by atoms with Gasteiger partial charge in [-0.3, -0.25) is 4.55 Å². The Balaban J connectivity index is 1.86. The Labute approximate surface area is 139 Å². The van der Waals surface area contributed by atoms with Gasteiger partial charge in [-0.15, -0.1) is 0 Å². The molecule has 0 amide bonds. The molecule has 6 heteroatoms. The van der Waals surface area contributed by atoms with E-state index in [1.807, 2.05) is 0 Å². The summed E-state index contributed by atoms with van der Waals surface area (Å²) >= 11 is 0. The van der Waals surface area contributed by atoms with Crippen LogP contribution in [0.4, 0.5) is 0 Å². The molecule has 0 spiro atoms. The number of hydrogen-bond acceptors (Lipinski definition) is 3. The molecule has 1 aromatic carbocycles. The fourth-order valence-corrected chi connectivity index (χ4v) is 3.74. The summed E-state index contributed by atoms with van der Waals surface area (Å²) in [6, 6.07) is 8.63. The monoisotopic (exact) mass is 342 g/mol. The van der Waals surface area contributed by atoms with Crippen molar-refractivity contribution < 1.29 is 22.2 Å². The van der Waals surface area contributed by atoms with Crippen LogP contribution in [0.25, 0.3) is 0 Å². The smallest absolute Gasteiger partial charge is 0.265 e. The van der Waals surface area contributed by atoms with Gasteiger partial charge >= 0.3 is 0 Å². The largest absolute Gasteiger partial charge is 0.370 e. The summed E-state index contributed by atoms with van der Waals surface area (Å²) in [7, 11) is -3.86. The van der Waals surface area contributed by atoms with E-state index in [0.717, 1.165) is 56.7 Å². The molecule has 0 unspecified atom stereocenters. The van der Waals surface area contributed by atoms with Crippen LogP contribution in [0.1, 0.15) is 24.0 Å². The fraction of sp³-hybridized carbons (Fsp3) is 0.647. The van der Waals surface area contributed by atoms with Crippen LogP contribution in [0.5, 0.6) is 0 Å². The molecule has 0 aromatic heterocycles. The highest BCUT2D eigenvalue weighted by atomic mass is 32.2. The first kappa shape index (κ1) is 18.4. The number of rotatable bonds is 8. The predicted octanol–water partition coefficient (Wildman–Crippen LogP) is 2.05. The lowest BCUT2D eigenvalue weighted by molar-refractivity contribution is -0.935. The average molecular weight is 342 g/mol. The maximum absolute atomic E-state index is 10.9. The minimum absolute atomic E-state index is 0.147. The van der Waals surface area contributed by atoms with Crippen molar-refractivity contribution in [3.05, 3.63) is 35.4 Å². The van der Waals surface area contributed by atoms with Crippen LogP contribution in [-0.2, 0) is 21.3 Å². The molecule has 1 heterocycles. The zero-order valence-electron chi connectivity index (χ0n) is 13.9. The van der Waals surface area contributed by atoms with Crippen molar-refractivity contribution >= 4 is 10.1 Å². The van der Waals surface area contributed by atoms with Gasteiger partial charge in [0, 0.05) is 12.8 Å². The highest BCUT2D eigenvalue weighted by Gasteiger charge is 2.29. The predicted molar refractivity (Wildman–Crippen MR) is 91.1 cm³/mol. The van der Waals surface area contributed by atoms with Crippen LogP contribution in [0.2, 0.25) is 0 Å². The molecule has 0 atom stereocenters. The van der Waals surface area contributed by atoms with Crippen molar-refractivity contribution in [3.63, 3.8) is 0 Å². The summed E-state index contributed by atoms with van der Waals surface area (Å²) in [5.74, 6) is -0.147. The molecule has 1 aliphatic rings. The van der Waals surface area contributed by atoms with Gasteiger partial charge in [0.05, 0.1) is 32.1 Å². The molecule has 1 aromatic rings. The van der Waals surface area contributed by atoms with E-state index in [4.69, 9.17) is 9.29 Å². The summed E-state index contributed by atoms with van der Waals surface area (Å²) in [6.07, 6.45) is 2.62. The van der Waals surface area contributed by atoms with Crippen molar-refractivity contribution in [1.29, 1.82) is 0 Å². The number of nitrogens with zero attached hydrogens (tertiary/aromatic N) is 1. The number of hydrogen-bond donors (Lipinski definition) is 1. The first-order chi connectivity index (χ1) is 10.9. The quantitative estimate of drug-likeness (QED) is 0.580. The van der Waals surface area contributed by atoms with Crippen LogP contribution >= 0.6 is 0 Å². The Morgan fingerprint density at radius 2 is 1.70 bits per heavy atom. The summed E-state index contributed by atoms with van der Waals surface area (Å²) < 4.78 is 37.1. The Morgan fingerprint density at radius 3 is 2.30 bits per heavy atom. The molecule has 5 nitrogen and oxygen atoms in total. The van der Waals surface area contributed by atoms with Gasteiger partial charge in [-0.25, -0.2) is 0 Å². The molecule has 0 aliphatic carbocycles. The van der Waals surface area contributed by atoms with E-state index >= 15 is 0 Å². The lowest BCUT2D eigenvalue weighted by atomic mass is 10.1. The van der Waals surface area contributed by atoms with Gasteiger partial charge in [0.15, 0.2) is 0 Å². The number of benzene rings is 1. The Kier molecular flexibility index (Phi) is 6.59. The SMILES string of the molecule is Cc1ccc(CCC[N+]2(CCCS(=O)(=O)O)CCOCC2)cc1. The zero-order valence-corrected chi connectivity index (χ0v) is 14.7. The third-order valence-corrected chi connectivity index (χ3v) is 5.48. The van der Waals surface area contributed by atoms with E-state index in [2.05, 4.69) is 31.2 Å². The molecule has 2 rings (SSSR count). The van der Waals surface area contributed by atoms with E-state index in [1.54, 1.807) is 0 Å². The molecule has 130 valence electrons. The van der Waals surface area contributed by atoms with Crippen molar-refractivity contribution in [2.24, 2.45) is 0 Å². The maximum Gasteiger partial charge on any atom is 0.265 e. The fourth-order valence-electron chi connectivity index (χ4n) is 3.24. The second-order valence-electron chi connectivity index (χ2n) is 6.58. The van der Waals surface area contributed by atoms with Gasteiger partial charge in [0.2, 0.25) is 0 Å². The minimum atomic E-state index is -3.86. The van der Waals surface area contributed by atoms with Gasteiger partial charge < -0.3 is 9.22 Å². The molecule has 23 heavy (non-hydrogen) atoms. The molecule has 1 N–H and O–H groups in total. The Hall–Kier alpha value is -0.950. The van der Waals surface area contributed by atoms with E-state index < -0.39 is 10.1 Å². The molecule has 1 fully saturated rings. The summed E-state index contributed by atoms with van der Waals surface area (Å²) in [6.45, 7) is 7.23. The van der Waals surface area contributed by atoms with Crippen molar-refractivity contribution in [3.8, 4) is 0 Å². The topological polar surface area (TPSA) is 63.6 Å². The zero-order chi connectivity index (χ0) is 16.8. The highest BCUT2D eigenvalue weighted by molar-refractivity contribution is 7.85. The number of quaternary nitrogens is 1. The standard InChI is InChI=1S/C17H27NO4S/c1-16-5-7-17(8-6-16)4-2-9-18(11-13-22-14-12-18)10-3-15-23(19,20)21/h5-8H,2-4,9-15H2,1H3/p+1. The molecule has 1 aliphatic heterocycles. The normalized spacial score (nSPS) is 18.0. The number of morpholine rings is 1. The van der Waals surface area contributed by atoms with E-state index in [-0.39, 0.29) is 5.75 Å². The van der Waals surface area contributed by atoms with E-state index in [1.165, 1.54) is 11.1 Å². The molecule has 0 saturated carbocycles. The lowest BCUT2D eigenvalue weighted by Crippen LogP contribution is -2.56. The number of ether oxygens (including phenoxy) is 1. The van der Waals surface area contributed by atoms with Crippen molar-refractivity contribution in [2.75, 3.05) is 45.1 Å². The summed E-state index contributed by atoms with van der Waals surface area (Å²) in [5.41, 5.74) is 2.62. The highest BCUT2D eigenvalue weighted by Crippen LogP contribution is 2.16. The molecule has 0 radical (unpaired) electrons. The molecule has 0 bridgehead atoms. The number of aryl methyl sites for hydroxylation is 2. The molecule has 1 saturated heterocycles. The molecular formula is C17H28NO4S+. The molecular weight excluding hydrogens is 314 g/mol. The maximum atomic E-state index is 10.9. The van der Waals surface area contributed by atoms with Gasteiger partial charge in [0.1, 0.15) is 13.1 Å². The summed E-state index contributed by atoms with van der Waals surface area (Å²) in [5, 5.41) is 0.